The van der Waals surface area contributed by atoms with E-state index in [4.69, 9.17) is 9.84 Å². The van der Waals surface area contributed by atoms with Crippen LogP contribution in [0.3, 0.4) is 0 Å². The van der Waals surface area contributed by atoms with Crippen LogP contribution in [0.25, 0.3) is 0 Å². The number of hydrogen-bond donors (Lipinski definition) is 2. The molecule has 0 saturated carbocycles. The number of nitrogens with zero attached hydrogens (tertiary/aromatic N) is 1. The van der Waals surface area contributed by atoms with E-state index >= 15 is 0 Å². The Hall–Kier alpha value is -1.79. The summed E-state index contributed by atoms with van der Waals surface area (Å²) in [5, 5.41) is 11.0. The highest BCUT2D eigenvalue weighted by Gasteiger charge is 2.17. The van der Waals surface area contributed by atoms with Crippen LogP contribution in [-0.2, 0) is 4.74 Å². The largest absolute Gasteiger partial charge is 0.465 e. The zero-order valence-electron chi connectivity index (χ0n) is 17.3. The van der Waals surface area contributed by atoms with Gasteiger partial charge in [0.25, 0.3) is 0 Å². The van der Waals surface area contributed by atoms with E-state index in [1.54, 1.807) is 24.3 Å². The van der Waals surface area contributed by atoms with Crippen LogP contribution >= 0.6 is 12.4 Å². The molecule has 2 N–H and O–H groups in total. The number of hydrogen-bond acceptors (Lipinski definition) is 4. The summed E-state index contributed by atoms with van der Waals surface area (Å²) < 4.78 is 5.77. The first-order valence-electron chi connectivity index (χ1n) is 10.0. The van der Waals surface area contributed by atoms with E-state index < -0.39 is 6.09 Å². The topological polar surface area (TPSA) is 78.9 Å². The molecule has 0 aliphatic carbocycles. The van der Waals surface area contributed by atoms with E-state index in [9.17, 15) is 9.59 Å². The van der Waals surface area contributed by atoms with Crippen LogP contribution in [0, 0.1) is 0 Å². The molecule has 0 heterocycles. The van der Waals surface area contributed by atoms with Crippen LogP contribution in [0.2, 0.25) is 0 Å². The van der Waals surface area contributed by atoms with Crippen molar-refractivity contribution in [2.45, 2.75) is 65.4 Å². The molecular weight excluding hydrogens is 380 g/mol. The molecule has 1 unspecified atom stereocenters. The lowest BCUT2D eigenvalue weighted by molar-refractivity contribution is 0.0231. The monoisotopic (exact) mass is 414 g/mol. The van der Waals surface area contributed by atoms with Gasteiger partial charge in [-0.05, 0) is 56.6 Å². The van der Waals surface area contributed by atoms with Crippen molar-refractivity contribution in [1.29, 1.82) is 0 Å². The first-order valence-corrected chi connectivity index (χ1v) is 10.0. The smallest absolute Gasteiger partial charge is 0.409 e. The van der Waals surface area contributed by atoms with Crippen molar-refractivity contribution in [3.63, 3.8) is 0 Å². The standard InChI is InChI=1S/C21H34N2O4.ClH/c1-4-7-8-9-10-19(15-16-23(5-2)6-3)27-20(24)17-11-13-18(14-12-17)22-21(25)26;/h11-14,19,22H,4-10,15-16H2,1-3H3,(H,25,26);1H. The van der Waals surface area contributed by atoms with Crippen LogP contribution in [0.4, 0.5) is 10.5 Å². The van der Waals surface area contributed by atoms with Gasteiger partial charge in [0.15, 0.2) is 0 Å². The first kappa shape index (κ1) is 26.2. The maximum Gasteiger partial charge on any atom is 0.409 e. The Balaban J connectivity index is 0.00000729. The second-order valence-corrected chi connectivity index (χ2v) is 6.70. The SMILES string of the molecule is CCCCCCC(CCN(CC)CC)OC(=O)c1ccc(NC(=O)O)cc1.Cl. The van der Waals surface area contributed by atoms with Gasteiger partial charge < -0.3 is 14.7 Å². The van der Waals surface area contributed by atoms with Gasteiger partial charge in [0, 0.05) is 12.2 Å². The van der Waals surface area contributed by atoms with Gasteiger partial charge >= 0.3 is 12.1 Å². The van der Waals surface area contributed by atoms with Crippen LogP contribution < -0.4 is 5.32 Å². The van der Waals surface area contributed by atoms with Crippen molar-refractivity contribution in [3.8, 4) is 0 Å². The zero-order valence-corrected chi connectivity index (χ0v) is 18.1. The van der Waals surface area contributed by atoms with Gasteiger partial charge in [-0.15, -0.1) is 12.4 Å². The molecule has 1 aromatic carbocycles. The fourth-order valence-electron chi connectivity index (χ4n) is 2.96. The van der Waals surface area contributed by atoms with E-state index in [0.29, 0.717) is 11.3 Å². The lowest BCUT2D eigenvalue weighted by Crippen LogP contribution is -2.29. The minimum atomic E-state index is -1.13. The summed E-state index contributed by atoms with van der Waals surface area (Å²) in [7, 11) is 0. The van der Waals surface area contributed by atoms with Crippen LogP contribution in [-0.4, -0.2) is 47.8 Å². The molecule has 0 aliphatic rings. The Morgan fingerprint density at radius 2 is 1.68 bits per heavy atom. The molecule has 1 amide bonds. The summed E-state index contributed by atoms with van der Waals surface area (Å²) in [5.41, 5.74) is 0.865. The summed E-state index contributed by atoms with van der Waals surface area (Å²) in [4.78, 5) is 25.5. The number of carboxylic acid groups (broad SMARTS) is 1. The summed E-state index contributed by atoms with van der Waals surface area (Å²) in [5.74, 6) is -0.350. The normalized spacial score (nSPS) is 11.6. The predicted molar refractivity (Wildman–Crippen MR) is 116 cm³/mol. The van der Waals surface area contributed by atoms with Crippen molar-refractivity contribution in [1.82, 2.24) is 4.90 Å². The number of halogens is 1. The van der Waals surface area contributed by atoms with Crippen LogP contribution in [0.15, 0.2) is 24.3 Å². The number of esters is 1. The fraction of sp³-hybridized carbons (Fsp3) is 0.619. The summed E-state index contributed by atoms with van der Waals surface area (Å²) >= 11 is 0. The molecule has 0 spiro atoms. The Kier molecular flexibility index (Phi) is 14.2. The van der Waals surface area contributed by atoms with E-state index in [2.05, 4.69) is 31.0 Å². The summed E-state index contributed by atoms with van der Waals surface area (Å²) in [6.45, 7) is 9.36. The van der Waals surface area contributed by atoms with E-state index in [1.807, 2.05) is 0 Å². The van der Waals surface area contributed by atoms with Gasteiger partial charge in [0.05, 0.1) is 5.56 Å². The molecule has 1 aromatic rings. The van der Waals surface area contributed by atoms with Crippen molar-refractivity contribution < 1.29 is 19.4 Å². The molecule has 28 heavy (non-hydrogen) atoms. The van der Waals surface area contributed by atoms with Crippen molar-refractivity contribution in [2.24, 2.45) is 0 Å². The summed E-state index contributed by atoms with van der Waals surface area (Å²) in [6, 6.07) is 6.31. The molecule has 0 radical (unpaired) electrons. The van der Waals surface area contributed by atoms with Gasteiger partial charge in [-0.3, -0.25) is 5.32 Å². The van der Waals surface area contributed by atoms with Crippen molar-refractivity contribution in [3.05, 3.63) is 29.8 Å². The van der Waals surface area contributed by atoms with Crippen LogP contribution in [0.5, 0.6) is 0 Å². The highest BCUT2D eigenvalue weighted by molar-refractivity contribution is 5.91. The average molecular weight is 415 g/mol. The maximum atomic E-state index is 12.5. The third kappa shape index (κ3) is 10.5. The second-order valence-electron chi connectivity index (χ2n) is 6.70. The van der Waals surface area contributed by atoms with E-state index in [-0.39, 0.29) is 24.5 Å². The molecule has 0 saturated heterocycles. The number of unbranched alkanes of at least 4 members (excludes halogenated alkanes) is 3. The minimum Gasteiger partial charge on any atom is -0.465 e. The summed E-state index contributed by atoms with van der Waals surface area (Å²) in [6.07, 6.45) is 5.09. The van der Waals surface area contributed by atoms with Gasteiger partial charge in [0.1, 0.15) is 6.10 Å². The number of anilines is 1. The molecule has 1 atom stereocenters. The van der Waals surface area contributed by atoms with E-state index in [1.165, 1.54) is 12.8 Å². The molecule has 7 heteroatoms. The molecule has 0 aromatic heterocycles. The maximum absolute atomic E-state index is 12.5. The number of nitrogens with one attached hydrogen (secondary N) is 1. The highest BCUT2D eigenvalue weighted by atomic mass is 35.5. The second kappa shape index (κ2) is 15.2. The van der Waals surface area contributed by atoms with E-state index in [0.717, 1.165) is 45.3 Å². The lowest BCUT2D eigenvalue weighted by Gasteiger charge is -2.23. The Bertz CT molecular complexity index is 562. The third-order valence-corrected chi connectivity index (χ3v) is 4.69. The molecule has 6 nitrogen and oxygen atoms in total. The van der Waals surface area contributed by atoms with Crippen molar-refractivity contribution >= 4 is 30.2 Å². The van der Waals surface area contributed by atoms with Gasteiger partial charge in [-0.25, -0.2) is 9.59 Å². The fourth-order valence-corrected chi connectivity index (χ4v) is 2.96. The molecular formula is C21H35ClN2O4. The van der Waals surface area contributed by atoms with Gasteiger partial charge in [0.2, 0.25) is 0 Å². The number of rotatable bonds is 13. The number of amides is 1. The van der Waals surface area contributed by atoms with Crippen molar-refractivity contribution in [2.75, 3.05) is 25.0 Å². The van der Waals surface area contributed by atoms with Gasteiger partial charge in [-0.1, -0.05) is 40.0 Å². The Labute approximate surface area is 175 Å². The zero-order chi connectivity index (χ0) is 20.1. The predicted octanol–water partition coefficient (Wildman–Crippen LogP) is 5.43. The molecule has 1 rings (SSSR count). The Morgan fingerprint density at radius 3 is 2.21 bits per heavy atom. The molecule has 160 valence electrons. The quantitative estimate of drug-likeness (QED) is 0.332. The molecule has 0 bridgehead atoms. The molecule has 0 aliphatic heterocycles. The third-order valence-electron chi connectivity index (χ3n) is 4.69. The lowest BCUT2D eigenvalue weighted by atomic mass is 10.1. The number of benzene rings is 1. The first-order chi connectivity index (χ1) is 13.0. The Morgan fingerprint density at radius 1 is 1.04 bits per heavy atom. The minimum absolute atomic E-state index is 0. The van der Waals surface area contributed by atoms with Gasteiger partial charge in [-0.2, -0.15) is 0 Å². The van der Waals surface area contributed by atoms with Crippen LogP contribution in [0.1, 0.15) is 69.7 Å². The molecule has 0 fully saturated rings. The average Bonchev–Trinajstić information content (AvgIpc) is 2.65. The number of carbonyl (C=O) groups excluding carboxylic acids is 1. The number of carbonyl (C=O) groups is 2. The highest BCUT2D eigenvalue weighted by Crippen LogP contribution is 2.16. The number of ether oxygens (including phenoxy) is 1.